The minimum atomic E-state index is -0.630. The Morgan fingerprint density at radius 3 is 2.49 bits per heavy atom. The Hall–Kier alpha value is -3.46. The number of aromatic nitrogens is 1. The van der Waals surface area contributed by atoms with Gasteiger partial charge in [0.05, 0.1) is 21.8 Å². The zero-order chi connectivity index (χ0) is 29.1. The van der Waals surface area contributed by atoms with Gasteiger partial charge in [0.15, 0.2) is 4.80 Å². The van der Waals surface area contributed by atoms with Crippen molar-refractivity contribution in [3.8, 4) is 5.75 Å². The Balaban J connectivity index is 1.64. The van der Waals surface area contributed by atoms with E-state index in [0.29, 0.717) is 51.1 Å². The molecule has 0 N–H and O–H groups in total. The number of ether oxygens (including phenoxy) is 1. The van der Waals surface area contributed by atoms with Gasteiger partial charge in [-0.1, -0.05) is 81.3 Å². The van der Waals surface area contributed by atoms with Crippen LogP contribution in [0.2, 0.25) is 5.02 Å². The molecule has 41 heavy (non-hydrogen) atoms. The molecule has 1 amide bonds. The van der Waals surface area contributed by atoms with Crippen LogP contribution in [-0.2, 0) is 11.4 Å². The van der Waals surface area contributed by atoms with Crippen molar-refractivity contribution >= 4 is 50.9 Å². The maximum atomic E-state index is 14.1. The number of benzene rings is 3. The lowest BCUT2D eigenvalue weighted by molar-refractivity contribution is -0.127. The molecule has 1 aliphatic rings. The molecule has 0 saturated heterocycles. The van der Waals surface area contributed by atoms with E-state index in [9.17, 15) is 9.59 Å². The largest absolute Gasteiger partial charge is 0.488 e. The molecule has 0 aliphatic carbocycles. The molecule has 1 aromatic heterocycles. The summed E-state index contributed by atoms with van der Waals surface area (Å²) in [5.41, 5.74) is 3.47. The zero-order valence-corrected chi connectivity index (χ0v) is 26.1. The van der Waals surface area contributed by atoms with Gasteiger partial charge in [-0.05, 0) is 68.3 Å². The van der Waals surface area contributed by atoms with Gasteiger partial charge in [-0.15, -0.1) is 0 Å². The summed E-state index contributed by atoms with van der Waals surface area (Å²) in [7, 11) is 0. The van der Waals surface area contributed by atoms with Crippen LogP contribution in [0, 0.1) is 0 Å². The van der Waals surface area contributed by atoms with E-state index < -0.39 is 6.04 Å². The highest BCUT2D eigenvalue weighted by Gasteiger charge is 2.34. The van der Waals surface area contributed by atoms with Crippen LogP contribution in [0.3, 0.4) is 0 Å². The Kier molecular flexibility index (Phi) is 8.92. The molecule has 2 heterocycles. The third kappa shape index (κ3) is 6.10. The summed E-state index contributed by atoms with van der Waals surface area (Å²) in [6, 6.07) is 22.3. The van der Waals surface area contributed by atoms with Crippen LogP contribution in [0.1, 0.15) is 43.5 Å². The zero-order valence-electron chi connectivity index (χ0n) is 22.9. The van der Waals surface area contributed by atoms with Gasteiger partial charge in [0.2, 0.25) is 0 Å². The predicted molar refractivity (Wildman–Crippen MR) is 168 cm³/mol. The summed E-state index contributed by atoms with van der Waals surface area (Å²) >= 11 is 11.0. The first-order valence-electron chi connectivity index (χ1n) is 13.3. The molecule has 210 valence electrons. The lowest BCUT2D eigenvalue weighted by Gasteiger charge is -2.29. The maximum Gasteiger partial charge on any atom is 0.271 e. The first kappa shape index (κ1) is 29.0. The molecule has 0 saturated carbocycles. The molecule has 3 aromatic carbocycles. The number of carbonyl (C=O) groups excluding carboxylic acids is 1. The highest BCUT2D eigenvalue weighted by molar-refractivity contribution is 9.10. The van der Waals surface area contributed by atoms with E-state index in [0.717, 1.165) is 21.2 Å². The monoisotopic (exact) mass is 649 g/mol. The minimum absolute atomic E-state index is 0.130. The average molecular weight is 651 g/mol. The lowest BCUT2D eigenvalue weighted by Crippen LogP contribution is -2.43. The van der Waals surface area contributed by atoms with Crippen molar-refractivity contribution in [1.29, 1.82) is 0 Å². The van der Waals surface area contributed by atoms with Crippen molar-refractivity contribution in [3.05, 3.63) is 130 Å². The van der Waals surface area contributed by atoms with E-state index in [1.54, 1.807) is 21.6 Å². The number of hydrogen-bond acceptors (Lipinski definition) is 5. The van der Waals surface area contributed by atoms with Crippen molar-refractivity contribution in [3.63, 3.8) is 0 Å². The molecule has 5 rings (SSSR count). The topological polar surface area (TPSA) is 63.9 Å². The highest BCUT2D eigenvalue weighted by atomic mass is 79.9. The minimum Gasteiger partial charge on any atom is -0.488 e. The summed E-state index contributed by atoms with van der Waals surface area (Å²) in [6.45, 7) is 7.23. The van der Waals surface area contributed by atoms with Gasteiger partial charge in [-0.3, -0.25) is 14.2 Å². The Bertz CT molecular complexity index is 1790. The second-order valence-electron chi connectivity index (χ2n) is 9.57. The summed E-state index contributed by atoms with van der Waals surface area (Å²) in [5, 5.41) is 0.580. The Morgan fingerprint density at radius 1 is 1.10 bits per heavy atom. The van der Waals surface area contributed by atoms with Crippen molar-refractivity contribution in [1.82, 2.24) is 9.47 Å². The second kappa shape index (κ2) is 12.6. The molecule has 0 radical (unpaired) electrons. The molecular formula is C32H29BrClN3O3S. The molecule has 4 aromatic rings. The third-order valence-corrected chi connectivity index (χ3v) is 8.71. The number of amides is 1. The van der Waals surface area contributed by atoms with E-state index in [4.69, 9.17) is 21.3 Å². The summed E-state index contributed by atoms with van der Waals surface area (Å²) in [4.78, 5) is 34.9. The molecule has 0 fully saturated rings. The fourth-order valence-corrected chi connectivity index (χ4v) is 6.42. The van der Waals surface area contributed by atoms with Crippen LogP contribution in [0.15, 0.2) is 98.3 Å². The van der Waals surface area contributed by atoms with Gasteiger partial charge in [-0.25, -0.2) is 4.99 Å². The Morgan fingerprint density at radius 2 is 1.80 bits per heavy atom. The van der Waals surface area contributed by atoms with E-state index in [1.165, 1.54) is 11.3 Å². The molecule has 1 atom stereocenters. The predicted octanol–water partition coefficient (Wildman–Crippen LogP) is 6.10. The number of carbonyl (C=O) groups is 1. The maximum absolute atomic E-state index is 14.1. The van der Waals surface area contributed by atoms with Gasteiger partial charge in [0.25, 0.3) is 11.5 Å². The molecule has 0 unspecified atom stereocenters. The normalized spacial score (nSPS) is 15.0. The summed E-state index contributed by atoms with van der Waals surface area (Å²) in [5.74, 6) is 0.528. The summed E-state index contributed by atoms with van der Waals surface area (Å²) < 4.78 is 9.15. The molecular weight excluding hydrogens is 622 g/mol. The fraction of sp³-hybridized carbons (Fsp3) is 0.219. The van der Waals surface area contributed by atoms with E-state index in [-0.39, 0.29) is 11.5 Å². The standard InChI is InChI=1S/C32H29BrClN3O3S/c1-4-36(5-2)31(39)28-20(3)35-32-37(29(28)22-11-14-25(34)15-12-22)30(38)27(41-32)18-23-17-24(33)13-16-26(23)40-19-21-9-7-6-8-10-21/h6-18,29H,4-5,19H2,1-3H3/b27-18+/t29-/m1/s1. The summed E-state index contributed by atoms with van der Waals surface area (Å²) in [6.07, 6.45) is 1.83. The van der Waals surface area contributed by atoms with Crippen LogP contribution in [0.4, 0.5) is 0 Å². The van der Waals surface area contributed by atoms with Crippen LogP contribution in [-0.4, -0.2) is 28.5 Å². The van der Waals surface area contributed by atoms with Crippen LogP contribution < -0.4 is 19.6 Å². The first-order chi connectivity index (χ1) is 19.8. The third-order valence-electron chi connectivity index (χ3n) is 6.98. The number of allylic oxidation sites excluding steroid dienone is 1. The van der Waals surface area contributed by atoms with Crippen LogP contribution >= 0.6 is 38.9 Å². The van der Waals surface area contributed by atoms with Gasteiger partial charge in [0.1, 0.15) is 12.4 Å². The highest BCUT2D eigenvalue weighted by Crippen LogP contribution is 2.32. The smallest absolute Gasteiger partial charge is 0.271 e. The van der Waals surface area contributed by atoms with Crippen molar-refractivity contribution in [2.75, 3.05) is 13.1 Å². The number of likely N-dealkylation sites (N-methyl/N-ethyl adjacent to an activating group) is 1. The number of nitrogens with zero attached hydrogens (tertiary/aromatic N) is 3. The SMILES string of the molecule is CCN(CC)C(=O)C1=C(C)N=c2s/c(=C/c3cc(Br)ccc3OCc3ccccc3)c(=O)n2[C@@H]1c1ccc(Cl)cc1. The number of rotatable bonds is 8. The molecule has 1 aliphatic heterocycles. The number of halogens is 2. The van der Waals surface area contributed by atoms with Gasteiger partial charge in [0, 0.05) is 28.1 Å². The first-order valence-corrected chi connectivity index (χ1v) is 15.3. The lowest BCUT2D eigenvalue weighted by atomic mass is 9.94. The van der Waals surface area contributed by atoms with E-state index in [1.807, 2.05) is 87.5 Å². The Labute approximate surface area is 256 Å². The van der Waals surface area contributed by atoms with E-state index >= 15 is 0 Å². The number of hydrogen-bond donors (Lipinski definition) is 0. The molecule has 0 bridgehead atoms. The van der Waals surface area contributed by atoms with Gasteiger partial charge in [-0.2, -0.15) is 0 Å². The van der Waals surface area contributed by atoms with Crippen molar-refractivity contribution in [2.45, 2.75) is 33.4 Å². The van der Waals surface area contributed by atoms with Crippen LogP contribution in [0.25, 0.3) is 6.08 Å². The average Bonchev–Trinajstić information content (AvgIpc) is 3.27. The molecule has 6 nitrogen and oxygen atoms in total. The second-order valence-corrected chi connectivity index (χ2v) is 11.9. The number of fused-ring (bicyclic) bond motifs is 1. The molecule has 9 heteroatoms. The molecule has 0 spiro atoms. The van der Waals surface area contributed by atoms with Crippen molar-refractivity contribution < 1.29 is 9.53 Å². The van der Waals surface area contributed by atoms with E-state index in [2.05, 4.69) is 15.9 Å². The van der Waals surface area contributed by atoms with Gasteiger partial charge < -0.3 is 9.64 Å². The van der Waals surface area contributed by atoms with Crippen molar-refractivity contribution in [2.24, 2.45) is 4.99 Å². The van der Waals surface area contributed by atoms with Crippen LogP contribution in [0.5, 0.6) is 5.75 Å². The fourth-order valence-electron chi connectivity index (χ4n) is 4.88. The number of thiazole rings is 1. The van der Waals surface area contributed by atoms with Gasteiger partial charge >= 0.3 is 0 Å². The quantitative estimate of drug-likeness (QED) is 0.232.